The van der Waals surface area contributed by atoms with Crippen LogP contribution >= 0.6 is 0 Å². The molecule has 1 atom stereocenters. The van der Waals surface area contributed by atoms with Crippen LogP contribution in [0.1, 0.15) is 54.1 Å². The Morgan fingerprint density at radius 3 is 2.64 bits per heavy atom. The van der Waals surface area contributed by atoms with Crippen molar-refractivity contribution in [3.05, 3.63) is 59.4 Å². The normalized spacial score (nSPS) is 14.8. The van der Waals surface area contributed by atoms with Crippen molar-refractivity contribution in [2.75, 3.05) is 11.9 Å². The second kappa shape index (κ2) is 7.18. The number of rotatable bonds is 6. The van der Waals surface area contributed by atoms with E-state index in [0.29, 0.717) is 11.3 Å². The molecule has 4 heteroatoms. The van der Waals surface area contributed by atoms with Crippen molar-refractivity contribution < 1.29 is 9.59 Å². The van der Waals surface area contributed by atoms with Gasteiger partial charge in [0.25, 0.3) is 5.91 Å². The standard InChI is InChI=1S/C21H24N2O2/c1-4-15-7-10-17(12-19(15)14(2)20(24)16-8-9-16)21(25)23(3)18-6-5-11-22-13-18/h5-7,10-14,16H,4,8-9H2,1-3H3. The zero-order valence-electron chi connectivity index (χ0n) is 15.0. The largest absolute Gasteiger partial charge is 0.310 e. The number of aromatic nitrogens is 1. The first kappa shape index (κ1) is 17.3. The van der Waals surface area contributed by atoms with Gasteiger partial charge in [-0.3, -0.25) is 14.6 Å². The Morgan fingerprint density at radius 1 is 1.28 bits per heavy atom. The Labute approximate surface area is 148 Å². The molecule has 1 amide bonds. The number of amides is 1. The molecule has 3 rings (SSSR count). The smallest absolute Gasteiger partial charge is 0.258 e. The first-order chi connectivity index (χ1) is 12.0. The number of nitrogens with zero attached hydrogens (tertiary/aromatic N) is 2. The number of anilines is 1. The summed E-state index contributed by atoms with van der Waals surface area (Å²) in [7, 11) is 1.74. The van der Waals surface area contributed by atoms with E-state index in [4.69, 9.17) is 0 Å². The number of benzene rings is 1. The molecule has 1 aromatic carbocycles. The van der Waals surface area contributed by atoms with Crippen LogP contribution in [-0.4, -0.2) is 23.7 Å². The first-order valence-electron chi connectivity index (χ1n) is 8.87. The van der Waals surface area contributed by atoms with E-state index in [1.165, 1.54) is 0 Å². The molecule has 1 aromatic heterocycles. The van der Waals surface area contributed by atoms with Crippen molar-refractivity contribution in [2.24, 2.45) is 5.92 Å². The summed E-state index contributed by atoms with van der Waals surface area (Å²) in [5.74, 6) is 0.277. The molecule has 1 fully saturated rings. The van der Waals surface area contributed by atoms with Crippen LogP contribution < -0.4 is 4.90 Å². The van der Waals surface area contributed by atoms with Gasteiger partial charge < -0.3 is 4.90 Å². The molecule has 0 radical (unpaired) electrons. The number of carbonyl (C=O) groups is 2. The summed E-state index contributed by atoms with van der Waals surface area (Å²) in [4.78, 5) is 31.0. The molecular formula is C21H24N2O2. The molecule has 130 valence electrons. The molecule has 2 aromatic rings. The van der Waals surface area contributed by atoms with Gasteiger partial charge in [-0.15, -0.1) is 0 Å². The van der Waals surface area contributed by atoms with E-state index >= 15 is 0 Å². The van der Waals surface area contributed by atoms with Gasteiger partial charge in [0.15, 0.2) is 0 Å². The monoisotopic (exact) mass is 336 g/mol. The predicted octanol–water partition coefficient (Wildman–Crippen LogP) is 4.00. The van der Waals surface area contributed by atoms with E-state index in [0.717, 1.165) is 36.1 Å². The second-order valence-corrected chi connectivity index (χ2v) is 6.74. The van der Waals surface area contributed by atoms with E-state index in [1.54, 1.807) is 30.4 Å². The third kappa shape index (κ3) is 3.63. The number of Topliss-reactive ketones (excluding diaryl/α,β-unsaturated/α-hetero) is 1. The summed E-state index contributed by atoms with van der Waals surface area (Å²) in [6.45, 7) is 4.05. The SMILES string of the molecule is CCc1ccc(C(=O)N(C)c2cccnc2)cc1C(C)C(=O)C1CC1. The Balaban J connectivity index is 1.90. The average Bonchev–Trinajstić information content (AvgIpc) is 3.51. The molecule has 1 aliphatic rings. The number of aryl methyl sites for hydroxylation is 1. The number of hydrogen-bond acceptors (Lipinski definition) is 3. The molecule has 25 heavy (non-hydrogen) atoms. The lowest BCUT2D eigenvalue weighted by Crippen LogP contribution is -2.26. The summed E-state index contributed by atoms with van der Waals surface area (Å²) in [6, 6.07) is 9.40. The highest BCUT2D eigenvalue weighted by molar-refractivity contribution is 6.06. The molecule has 0 saturated heterocycles. The minimum absolute atomic E-state index is 0.0945. The van der Waals surface area contributed by atoms with Crippen molar-refractivity contribution >= 4 is 17.4 Å². The Morgan fingerprint density at radius 2 is 2.04 bits per heavy atom. The van der Waals surface area contributed by atoms with E-state index in [1.807, 2.05) is 31.2 Å². The lowest BCUT2D eigenvalue weighted by molar-refractivity contribution is -0.121. The number of pyridine rings is 1. The van der Waals surface area contributed by atoms with E-state index in [9.17, 15) is 9.59 Å². The van der Waals surface area contributed by atoms with Gasteiger partial charge in [0.2, 0.25) is 0 Å². The molecule has 0 spiro atoms. The number of hydrogen-bond donors (Lipinski definition) is 0. The lowest BCUT2D eigenvalue weighted by atomic mass is 9.88. The number of carbonyl (C=O) groups excluding carboxylic acids is 2. The molecule has 1 unspecified atom stereocenters. The molecule has 1 heterocycles. The Kier molecular flexibility index (Phi) is 4.98. The maximum Gasteiger partial charge on any atom is 0.258 e. The summed E-state index contributed by atoms with van der Waals surface area (Å²) >= 11 is 0. The zero-order valence-corrected chi connectivity index (χ0v) is 15.0. The van der Waals surface area contributed by atoms with Gasteiger partial charge in [0, 0.05) is 30.6 Å². The molecule has 1 saturated carbocycles. The van der Waals surface area contributed by atoms with Crippen LogP contribution in [0.5, 0.6) is 0 Å². The topological polar surface area (TPSA) is 50.3 Å². The minimum atomic E-state index is -0.154. The summed E-state index contributed by atoms with van der Waals surface area (Å²) in [5, 5.41) is 0. The van der Waals surface area contributed by atoms with Crippen LogP contribution in [0, 0.1) is 5.92 Å². The molecule has 0 bridgehead atoms. The van der Waals surface area contributed by atoms with E-state index < -0.39 is 0 Å². The highest BCUT2D eigenvalue weighted by Crippen LogP contribution is 2.36. The lowest BCUT2D eigenvalue weighted by Gasteiger charge is -2.20. The molecule has 0 aliphatic heterocycles. The van der Waals surface area contributed by atoms with E-state index in [2.05, 4.69) is 11.9 Å². The molecule has 0 N–H and O–H groups in total. The highest BCUT2D eigenvalue weighted by Gasteiger charge is 2.34. The summed E-state index contributed by atoms with van der Waals surface area (Å²) in [6.07, 6.45) is 6.21. The van der Waals surface area contributed by atoms with Crippen molar-refractivity contribution in [1.29, 1.82) is 0 Å². The fraction of sp³-hybridized carbons (Fsp3) is 0.381. The van der Waals surface area contributed by atoms with Gasteiger partial charge in [-0.05, 0) is 54.7 Å². The average molecular weight is 336 g/mol. The van der Waals surface area contributed by atoms with Gasteiger partial charge >= 0.3 is 0 Å². The van der Waals surface area contributed by atoms with Crippen molar-refractivity contribution in [2.45, 2.75) is 39.0 Å². The van der Waals surface area contributed by atoms with E-state index in [-0.39, 0.29) is 17.7 Å². The van der Waals surface area contributed by atoms with Crippen LogP contribution in [0.4, 0.5) is 5.69 Å². The van der Waals surface area contributed by atoms with Crippen LogP contribution in [0.15, 0.2) is 42.7 Å². The Bertz CT molecular complexity index is 782. The van der Waals surface area contributed by atoms with Crippen molar-refractivity contribution in [1.82, 2.24) is 4.98 Å². The molecule has 4 nitrogen and oxygen atoms in total. The maximum atomic E-state index is 12.8. The quantitative estimate of drug-likeness (QED) is 0.801. The first-order valence-corrected chi connectivity index (χ1v) is 8.87. The van der Waals surface area contributed by atoms with Crippen LogP contribution in [0.3, 0.4) is 0 Å². The third-order valence-corrected chi connectivity index (χ3v) is 4.98. The number of ketones is 1. The fourth-order valence-corrected chi connectivity index (χ4v) is 3.19. The summed E-state index contributed by atoms with van der Waals surface area (Å²) < 4.78 is 0. The van der Waals surface area contributed by atoms with Crippen molar-refractivity contribution in [3.8, 4) is 0 Å². The van der Waals surface area contributed by atoms with Gasteiger partial charge in [-0.2, -0.15) is 0 Å². The molecule has 1 aliphatic carbocycles. The molecular weight excluding hydrogens is 312 g/mol. The van der Waals surface area contributed by atoms with Crippen LogP contribution in [0.2, 0.25) is 0 Å². The summed E-state index contributed by atoms with van der Waals surface area (Å²) in [5.41, 5.74) is 3.48. The maximum absolute atomic E-state index is 12.8. The van der Waals surface area contributed by atoms with Crippen molar-refractivity contribution in [3.63, 3.8) is 0 Å². The van der Waals surface area contributed by atoms with Gasteiger partial charge in [0.05, 0.1) is 11.9 Å². The Hall–Kier alpha value is -2.49. The van der Waals surface area contributed by atoms with Crippen LogP contribution in [-0.2, 0) is 11.2 Å². The van der Waals surface area contributed by atoms with Gasteiger partial charge in [-0.1, -0.05) is 19.9 Å². The van der Waals surface area contributed by atoms with Crippen LogP contribution in [0.25, 0.3) is 0 Å². The van der Waals surface area contributed by atoms with Gasteiger partial charge in [0.1, 0.15) is 5.78 Å². The highest BCUT2D eigenvalue weighted by atomic mass is 16.2. The second-order valence-electron chi connectivity index (χ2n) is 6.74. The van der Waals surface area contributed by atoms with Gasteiger partial charge in [-0.25, -0.2) is 0 Å². The minimum Gasteiger partial charge on any atom is -0.310 e. The third-order valence-electron chi connectivity index (χ3n) is 4.98. The predicted molar refractivity (Wildman–Crippen MR) is 98.9 cm³/mol. The zero-order chi connectivity index (χ0) is 18.0. The fourth-order valence-electron chi connectivity index (χ4n) is 3.19.